The quantitative estimate of drug-likeness (QED) is 0.711. The molecule has 2 rings (SSSR count). The van der Waals surface area contributed by atoms with Gasteiger partial charge in [0, 0.05) is 0 Å². The van der Waals surface area contributed by atoms with Gasteiger partial charge in [0.05, 0.1) is 5.60 Å². The Hall–Kier alpha value is -0.0400. The maximum absolute atomic E-state index is 10.3. The van der Waals surface area contributed by atoms with Gasteiger partial charge in [-0.25, -0.2) is 0 Å². The second kappa shape index (κ2) is 2.98. The van der Waals surface area contributed by atoms with Crippen LogP contribution < -0.4 is 0 Å². The van der Waals surface area contributed by atoms with E-state index < -0.39 is 0 Å². The largest absolute Gasteiger partial charge is 0.390 e. The van der Waals surface area contributed by atoms with Gasteiger partial charge in [0.1, 0.15) is 0 Å². The second-order valence-electron chi connectivity index (χ2n) is 6.05. The molecule has 1 nitrogen and oxygen atoms in total. The lowest BCUT2D eigenvalue weighted by Gasteiger charge is -2.25. The molecule has 2 aliphatic rings. The first-order valence-corrected chi connectivity index (χ1v) is 5.72. The van der Waals surface area contributed by atoms with Gasteiger partial charge in [-0.05, 0) is 43.4 Å². The third-order valence-electron chi connectivity index (χ3n) is 3.79. The van der Waals surface area contributed by atoms with Crippen LogP contribution in [0.2, 0.25) is 0 Å². The molecule has 0 radical (unpaired) electrons. The molecule has 0 heterocycles. The van der Waals surface area contributed by atoms with Gasteiger partial charge in [0.25, 0.3) is 0 Å². The van der Waals surface area contributed by atoms with Gasteiger partial charge in [-0.3, -0.25) is 0 Å². The minimum absolute atomic E-state index is 0.300. The van der Waals surface area contributed by atoms with Crippen LogP contribution >= 0.6 is 0 Å². The monoisotopic (exact) mass is 182 g/mol. The topological polar surface area (TPSA) is 20.2 Å². The summed E-state index contributed by atoms with van der Waals surface area (Å²) < 4.78 is 0. The van der Waals surface area contributed by atoms with E-state index in [0.29, 0.717) is 5.41 Å². The van der Waals surface area contributed by atoms with Crippen molar-refractivity contribution in [2.45, 2.75) is 64.4 Å². The Balaban J connectivity index is 1.82. The molecule has 1 heteroatoms. The fourth-order valence-electron chi connectivity index (χ4n) is 2.73. The first kappa shape index (κ1) is 9.51. The van der Waals surface area contributed by atoms with Crippen molar-refractivity contribution in [1.82, 2.24) is 0 Å². The maximum atomic E-state index is 10.3. The minimum Gasteiger partial charge on any atom is -0.390 e. The summed E-state index contributed by atoms with van der Waals surface area (Å²) in [6.07, 6.45) is 8.42. The Morgan fingerprint density at radius 3 is 2.38 bits per heavy atom. The number of aliphatic hydroxyl groups is 1. The first-order valence-electron chi connectivity index (χ1n) is 5.72. The predicted molar refractivity (Wildman–Crippen MR) is 54.5 cm³/mol. The summed E-state index contributed by atoms with van der Waals surface area (Å²) in [4.78, 5) is 0. The molecule has 13 heavy (non-hydrogen) atoms. The maximum Gasteiger partial charge on any atom is 0.0653 e. The van der Waals surface area contributed by atoms with Crippen molar-refractivity contribution >= 4 is 0 Å². The Bertz CT molecular complexity index is 193. The summed E-state index contributed by atoms with van der Waals surface area (Å²) in [6, 6.07) is 0. The molecule has 0 amide bonds. The zero-order chi connectivity index (χ0) is 9.53. The molecule has 0 aromatic rings. The highest BCUT2D eigenvalue weighted by atomic mass is 16.3. The number of hydrogen-bond acceptors (Lipinski definition) is 1. The van der Waals surface area contributed by atoms with Gasteiger partial charge < -0.3 is 5.11 Å². The van der Waals surface area contributed by atoms with Crippen molar-refractivity contribution in [3.63, 3.8) is 0 Å². The van der Waals surface area contributed by atoms with Gasteiger partial charge in [-0.1, -0.05) is 26.7 Å². The molecule has 2 aliphatic carbocycles. The van der Waals surface area contributed by atoms with E-state index in [4.69, 9.17) is 0 Å². The van der Waals surface area contributed by atoms with Gasteiger partial charge in [0.2, 0.25) is 0 Å². The Morgan fingerprint density at radius 1 is 1.23 bits per heavy atom. The highest BCUT2D eigenvalue weighted by Crippen LogP contribution is 2.47. The van der Waals surface area contributed by atoms with Crippen LogP contribution in [0.4, 0.5) is 0 Å². The number of rotatable bonds is 3. The first-order chi connectivity index (χ1) is 5.99. The van der Waals surface area contributed by atoms with Gasteiger partial charge >= 0.3 is 0 Å². The molecule has 0 saturated heterocycles. The fraction of sp³-hybridized carbons (Fsp3) is 1.00. The van der Waals surface area contributed by atoms with Crippen molar-refractivity contribution in [3.05, 3.63) is 0 Å². The summed E-state index contributed by atoms with van der Waals surface area (Å²) in [5.74, 6) is 0.965. The van der Waals surface area contributed by atoms with Crippen LogP contribution in [-0.4, -0.2) is 10.7 Å². The van der Waals surface area contributed by atoms with Crippen LogP contribution in [0.3, 0.4) is 0 Å². The van der Waals surface area contributed by atoms with Gasteiger partial charge in [-0.15, -0.1) is 0 Å². The Kier molecular flexibility index (Phi) is 2.18. The normalized spacial score (nSPS) is 38.1. The smallest absolute Gasteiger partial charge is 0.0653 e. The van der Waals surface area contributed by atoms with Crippen molar-refractivity contribution in [1.29, 1.82) is 0 Å². The molecule has 1 unspecified atom stereocenters. The molecule has 2 fully saturated rings. The van der Waals surface area contributed by atoms with E-state index in [2.05, 4.69) is 13.8 Å². The molecular weight excluding hydrogens is 160 g/mol. The second-order valence-corrected chi connectivity index (χ2v) is 6.05. The van der Waals surface area contributed by atoms with E-state index in [0.717, 1.165) is 25.2 Å². The van der Waals surface area contributed by atoms with Crippen molar-refractivity contribution < 1.29 is 5.11 Å². The summed E-state index contributed by atoms with van der Waals surface area (Å²) in [5, 5.41) is 10.3. The third kappa shape index (κ3) is 2.46. The van der Waals surface area contributed by atoms with E-state index >= 15 is 0 Å². The van der Waals surface area contributed by atoms with Crippen LogP contribution in [0.15, 0.2) is 0 Å². The zero-order valence-corrected chi connectivity index (χ0v) is 8.97. The Labute approximate surface area is 81.5 Å². The average molecular weight is 182 g/mol. The van der Waals surface area contributed by atoms with E-state index in [1.165, 1.54) is 25.7 Å². The van der Waals surface area contributed by atoms with Crippen LogP contribution in [0.5, 0.6) is 0 Å². The van der Waals surface area contributed by atoms with Crippen LogP contribution in [0.25, 0.3) is 0 Å². The highest BCUT2D eigenvalue weighted by Gasteiger charge is 2.42. The molecule has 1 atom stereocenters. The summed E-state index contributed by atoms with van der Waals surface area (Å²) >= 11 is 0. The molecule has 2 saturated carbocycles. The lowest BCUT2D eigenvalue weighted by Crippen LogP contribution is -2.26. The van der Waals surface area contributed by atoms with Crippen LogP contribution in [-0.2, 0) is 0 Å². The molecule has 0 aliphatic heterocycles. The average Bonchev–Trinajstić information content (AvgIpc) is 2.77. The van der Waals surface area contributed by atoms with Crippen LogP contribution in [0, 0.1) is 11.3 Å². The fourth-order valence-corrected chi connectivity index (χ4v) is 2.73. The minimum atomic E-state index is -0.300. The molecule has 1 N–H and O–H groups in total. The lowest BCUT2D eigenvalue weighted by molar-refractivity contribution is 0.0256. The SMILES string of the molecule is CC1(C)CCC(O)(CCC2CC2)C1. The third-order valence-corrected chi connectivity index (χ3v) is 3.79. The summed E-state index contributed by atoms with van der Waals surface area (Å²) in [7, 11) is 0. The zero-order valence-electron chi connectivity index (χ0n) is 8.97. The number of hydrogen-bond donors (Lipinski definition) is 1. The van der Waals surface area contributed by atoms with E-state index in [1.54, 1.807) is 0 Å². The summed E-state index contributed by atoms with van der Waals surface area (Å²) in [5.41, 5.74) is 0.0877. The van der Waals surface area contributed by atoms with Gasteiger partial charge in [-0.2, -0.15) is 0 Å². The molecule has 76 valence electrons. The van der Waals surface area contributed by atoms with Crippen molar-refractivity contribution in [2.75, 3.05) is 0 Å². The summed E-state index contributed by atoms with van der Waals surface area (Å²) in [6.45, 7) is 4.56. The predicted octanol–water partition coefficient (Wildman–Crippen LogP) is 3.12. The molecule has 0 aromatic heterocycles. The van der Waals surface area contributed by atoms with Crippen molar-refractivity contribution in [3.8, 4) is 0 Å². The standard InChI is InChI=1S/C12H22O/c1-11(2)7-8-12(13,9-11)6-5-10-3-4-10/h10,13H,3-9H2,1-2H3. The van der Waals surface area contributed by atoms with E-state index in [-0.39, 0.29) is 5.60 Å². The molecule has 0 spiro atoms. The molecular formula is C12H22O. The molecule has 0 bridgehead atoms. The van der Waals surface area contributed by atoms with E-state index in [9.17, 15) is 5.11 Å². The van der Waals surface area contributed by atoms with Gasteiger partial charge in [0.15, 0.2) is 0 Å². The molecule has 0 aromatic carbocycles. The lowest BCUT2D eigenvalue weighted by atomic mass is 9.87. The van der Waals surface area contributed by atoms with Crippen LogP contribution in [0.1, 0.15) is 58.8 Å². The van der Waals surface area contributed by atoms with E-state index in [1.807, 2.05) is 0 Å². The highest BCUT2D eigenvalue weighted by molar-refractivity contribution is 4.94. The van der Waals surface area contributed by atoms with Crippen molar-refractivity contribution in [2.24, 2.45) is 11.3 Å². The Morgan fingerprint density at radius 2 is 1.92 bits per heavy atom.